The maximum atomic E-state index is 13.1. The lowest BCUT2D eigenvalue weighted by molar-refractivity contribution is -0.123. The van der Waals surface area contributed by atoms with Crippen LogP contribution in [-0.4, -0.2) is 17.6 Å². The van der Waals surface area contributed by atoms with Crippen LogP contribution in [0, 0.1) is 6.92 Å². The average Bonchev–Trinajstić information content (AvgIpc) is 2.82. The van der Waals surface area contributed by atoms with E-state index in [1.54, 1.807) is 6.07 Å². The van der Waals surface area contributed by atoms with Crippen molar-refractivity contribution in [2.45, 2.75) is 39.2 Å². The van der Waals surface area contributed by atoms with Crippen LogP contribution in [0.5, 0.6) is 11.5 Å². The Bertz CT molecular complexity index is 1310. The predicted molar refractivity (Wildman–Crippen MR) is 137 cm³/mol. The molecule has 0 aliphatic heterocycles. The number of nitrogens with one attached hydrogen (secondary N) is 1. The number of hydrogen-bond donors (Lipinski definition) is 2. The monoisotopic (exact) mass is 453 g/mol. The van der Waals surface area contributed by atoms with Gasteiger partial charge in [0, 0.05) is 5.56 Å². The van der Waals surface area contributed by atoms with Crippen LogP contribution >= 0.6 is 0 Å². The molecule has 0 aliphatic rings. The Morgan fingerprint density at radius 3 is 2.38 bits per heavy atom. The molecule has 0 heterocycles. The maximum Gasteiger partial charge on any atom is 0.258 e. The zero-order valence-electron chi connectivity index (χ0n) is 20.1. The number of aromatic hydroxyl groups is 1. The quantitative estimate of drug-likeness (QED) is 0.353. The van der Waals surface area contributed by atoms with Crippen molar-refractivity contribution in [1.82, 2.24) is 5.32 Å². The summed E-state index contributed by atoms with van der Waals surface area (Å²) in [6.07, 6.45) is 0. The zero-order valence-corrected chi connectivity index (χ0v) is 20.1. The second kappa shape index (κ2) is 9.60. The third-order valence-electron chi connectivity index (χ3n) is 5.98. The van der Waals surface area contributed by atoms with Gasteiger partial charge in [0.15, 0.2) is 6.61 Å². The van der Waals surface area contributed by atoms with E-state index in [0.717, 1.165) is 27.5 Å². The first kappa shape index (κ1) is 23.4. The van der Waals surface area contributed by atoms with Crippen molar-refractivity contribution in [3.63, 3.8) is 0 Å². The highest BCUT2D eigenvalue weighted by Crippen LogP contribution is 2.36. The summed E-state index contributed by atoms with van der Waals surface area (Å²) in [6.45, 7) is 8.31. The normalized spacial score (nSPS) is 12.4. The zero-order chi connectivity index (χ0) is 24.3. The Kier molecular flexibility index (Phi) is 6.60. The van der Waals surface area contributed by atoms with Crippen LogP contribution in [-0.2, 0) is 10.2 Å². The number of fused-ring (bicyclic) bond motifs is 1. The summed E-state index contributed by atoms with van der Waals surface area (Å²) in [7, 11) is 0. The molecule has 1 atom stereocenters. The van der Waals surface area contributed by atoms with E-state index >= 15 is 0 Å². The Morgan fingerprint density at radius 1 is 0.941 bits per heavy atom. The molecule has 4 nitrogen and oxygen atoms in total. The van der Waals surface area contributed by atoms with Gasteiger partial charge in [-0.3, -0.25) is 4.79 Å². The molecule has 174 valence electrons. The lowest BCUT2D eigenvalue weighted by Crippen LogP contribution is -2.33. The first-order chi connectivity index (χ1) is 16.2. The van der Waals surface area contributed by atoms with Gasteiger partial charge in [-0.2, -0.15) is 0 Å². The lowest BCUT2D eigenvalue weighted by Gasteiger charge is -2.25. The molecule has 0 saturated carbocycles. The fourth-order valence-electron chi connectivity index (χ4n) is 4.26. The molecule has 4 aromatic rings. The largest absolute Gasteiger partial charge is 0.508 e. The third kappa shape index (κ3) is 5.07. The fourth-order valence-corrected chi connectivity index (χ4v) is 4.26. The van der Waals surface area contributed by atoms with Gasteiger partial charge in [-0.25, -0.2) is 0 Å². The summed E-state index contributed by atoms with van der Waals surface area (Å²) < 4.78 is 6.00. The number of hydrogen-bond acceptors (Lipinski definition) is 3. The van der Waals surface area contributed by atoms with E-state index in [2.05, 4.69) is 32.2 Å². The molecule has 1 unspecified atom stereocenters. The van der Waals surface area contributed by atoms with Crippen LogP contribution in [0.25, 0.3) is 10.8 Å². The molecular weight excluding hydrogens is 422 g/mol. The maximum absolute atomic E-state index is 13.1. The van der Waals surface area contributed by atoms with Crippen molar-refractivity contribution >= 4 is 16.7 Å². The third-order valence-corrected chi connectivity index (χ3v) is 5.98. The molecule has 0 radical (unpaired) electrons. The van der Waals surface area contributed by atoms with Gasteiger partial charge in [-0.1, -0.05) is 99.1 Å². The van der Waals surface area contributed by atoms with E-state index in [-0.39, 0.29) is 23.7 Å². The minimum absolute atomic E-state index is 0.112. The molecule has 0 spiro atoms. The molecule has 0 aliphatic carbocycles. The fraction of sp³-hybridized carbons (Fsp3) is 0.233. The first-order valence-electron chi connectivity index (χ1n) is 11.5. The van der Waals surface area contributed by atoms with E-state index in [1.807, 2.05) is 79.7 Å². The molecular formula is C30H31NO3. The second-order valence-corrected chi connectivity index (χ2v) is 9.67. The summed E-state index contributed by atoms with van der Waals surface area (Å²) in [6, 6.07) is 26.6. The van der Waals surface area contributed by atoms with Gasteiger partial charge in [0.2, 0.25) is 0 Å². The Balaban J connectivity index is 1.64. The highest BCUT2D eigenvalue weighted by atomic mass is 16.5. The SMILES string of the molecule is Cc1ccc(OCC(=O)NC(c2ccccc2)c2c(O)ccc3ccccc23)c(C(C)(C)C)c1. The minimum atomic E-state index is -0.525. The summed E-state index contributed by atoms with van der Waals surface area (Å²) >= 11 is 0. The predicted octanol–water partition coefficient (Wildman–Crippen LogP) is 6.44. The number of aryl methyl sites for hydroxylation is 1. The van der Waals surface area contributed by atoms with Crippen molar-refractivity contribution in [2.75, 3.05) is 6.61 Å². The Labute approximate surface area is 201 Å². The van der Waals surface area contributed by atoms with Crippen molar-refractivity contribution in [2.24, 2.45) is 0 Å². The van der Waals surface area contributed by atoms with Gasteiger partial charge < -0.3 is 15.2 Å². The summed E-state index contributed by atoms with van der Waals surface area (Å²) in [4.78, 5) is 13.1. The molecule has 4 rings (SSSR count). The van der Waals surface area contributed by atoms with Gasteiger partial charge in [0.05, 0.1) is 6.04 Å². The van der Waals surface area contributed by atoms with Crippen molar-refractivity contribution < 1.29 is 14.6 Å². The number of ether oxygens (including phenoxy) is 1. The Morgan fingerprint density at radius 2 is 1.65 bits per heavy atom. The molecule has 2 N–H and O–H groups in total. The molecule has 0 bridgehead atoms. The van der Waals surface area contributed by atoms with Crippen LogP contribution in [0.2, 0.25) is 0 Å². The van der Waals surface area contributed by atoms with Gasteiger partial charge in [-0.15, -0.1) is 0 Å². The highest BCUT2D eigenvalue weighted by Gasteiger charge is 2.24. The molecule has 0 saturated heterocycles. The number of carbonyl (C=O) groups is 1. The lowest BCUT2D eigenvalue weighted by atomic mass is 9.85. The number of rotatable bonds is 6. The van der Waals surface area contributed by atoms with E-state index < -0.39 is 6.04 Å². The van der Waals surface area contributed by atoms with Gasteiger partial charge in [0.25, 0.3) is 5.91 Å². The molecule has 1 amide bonds. The summed E-state index contributed by atoms with van der Waals surface area (Å²) in [5, 5.41) is 15.8. The average molecular weight is 454 g/mol. The topological polar surface area (TPSA) is 58.6 Å². The van der Waals surface area contributed by atoms with E-state index in [9.17, 15) is 9.90 Å². The van der Waals surface area contributed by atoms with Crippen LogP contribution in [0.15, 0.2) is 84.9 Å². The molecule has 0 fully saturated rings. The summed E-state index contributed by atoms with van der Waals surface area (Å²) in [5.74, 6) is 0.585. The molecule has 4 heteroatoms. The number of benzene rings is 4. The first-order valence-corrected chi connectivity index (χ1v) is 11.5. The van der Waals surface area contributed by atoms with Gasteiger partial charge in [-0.05, 0) is 46.4 Å². The number of amides is 1. The van der Waals surface area contributed by atoms with Crippen molar-refractivity contribution in [3.05, 3.63) is 107 Å². The Hall–Kier alpha value is -3.79. The minimum Gasteiger partial charge on any atom is -0.508 e. The van der Waals surface area contributed by atoms with Crippen molar-refractivity contribution in [1.29, 1.82) is 0 Å². The van der Waals surface area contributed by atoms with Crippen molar-refractivity contribution in [3.8, 4) is 11.5 Å². The molecule has 4 aromatic carbocycles. The van der Waals surface area contributed by atoms with Crippen LogP contribution in [0.4, 0.5) is 0 Å². The van der Waals surface area contributed by atoms with Crippen LogP contribution < -0.4 is 10.1 Å². The van der Waals surface area contributed by atoms with Crippen LogP contribution in [0.1, 0.15) is 49.1 Å². The smallest absolute Gasteiger partial charge is 0.258 e. The van der Waals surface area contributed by atoms with Gasteiger partial charge >= 0.3 is 0 Å². The number of phenolic OH excluding ortho intramolecular Hbond substituents is 1. The number of carbonyl (C=O) groups excluding carboxylic acids is 1. The number of phenols is 1. The van der Waals surface area contributed by atoms with E-state index in [1.165, 1.54) is 0 Å². The van der Waals surface area contributed by atoms with Gasteiger partial charge in [0.1, 0.15) is 11.5 Å². The van der Waals surface area contributed by atoms with Crippen LogP contribution in [0.3, 0.4) is 0 Å². The van der Waals surface area contributed by atoms with E-state index in [0.29, 0.717) is 11.3 Å². The standard InChI is InChI=1S/C30H31NO3/c1-20-14-17-26(24(18-20)30(2,3)4)34-19-27(33)31-29(22-11-6-5-7-12-22)28-23-13-9-8-10-21(23)15-16-25(28)32/h5-18,29,32H,19H2,1-4H3,(H,31,33). The molecule has 0 aromatic heterocycles. The van der Waals surface area contributed by atoms with E-state index in [4.69, 9.17) is 4.74 Å². The summed E-state index contributed by atoms with van der Waals surface area (Å²) in [5.41, 5.74) is 3.65. The molecule has 34 heavy (non-hydrogen) atoms. The second-order valence-electron chi connectivity index (χ2n) is 9.67. The highest BCUT2D eigenvalue weighted by molar-refractivity contribution is 5.89.